The molecule has 0 saturated carbocycles. The number of nitrogen functional groups attached to an aromatic ring is 1. The first-order chi connectivity index (χ1) is 13.4. The first-order valence-corrected chi connectivity index (χ1v) is 10.9. The molecule has 1 fully saturated rings. The highest BCUT2D eigenvalue weighted by Gasteiger charge is 2.45. The SMILES string of the molecule is CC(C)(O)CSc1nn([C@@H]2O[C@H](COS(N)(=O)=O)[C@@H](O)[C@H]2O)c2ncnc(N)c12. The summed E-state index contributed by atoms with van der Waals surface area (Å²) in [5.41, 5.74) is 5.21. The Morgan fingerprint density at radius 2 is 2.03 bits per heavy atom. The third-order valence-corrected chi connectivity index (χ3v) is 5.90. The summed E-state index contributed by atoms with van der Waals surface area (Å²) in [5.74, 6) is 0.427. The van der Waals surface area contributed by atoms with E-state index in [0.29, 0.717) is 10.4 Å². The summed E-state index contributed by atoms with van der Waals surface area (Å²) in [4.78, 5) is 8.08. The van der Waals surface area contributed by atoms with Crippen LogP contribution in [0.4, 0.5) is 5.82 Å². The maximum atomic E-state index is 11.0. The average molecular weight is 450 g/mol. The standard InChI is InChI=1S/C14H22N6O7S2/c1-14(2,23)4-28-12-7-10(15)17-5-18-11(7)20(19-12)13-9(22)8(21)6(27-13)3-26-29(16,24)25/h5-6,8-9,13,21-23H,3-4H2,1-2H3,(H2,15,17,18)(H2,16,24,25)/t6-,8-,9-,13-/m1/s1. The predicted octanol–water partition coefficient (Wildman–Crippen LogP) is -1.89. The highest BCUT2D eigenvalue weighted by atomic mass is 32.2. The Labute approximate surface area is 170 Å². The summed E-state index contributed by atoms with van der Waals surface area (Å²) in [7, 11) is -4.25. The number of aliphatic hydroxyl groups is 3. The van der Waals surface area contributed by atoms with E-state index in [-0.39, 0.29) is 17.2 Å². The van der Waals surface area contributed by atoms with Gasteiger partial charge < -0.3 is 25.8 Å². The van der Waals surface area contributed by atoms with Gasteiger partial charge in [0, 0.05) is 5.75 Å². The molecule has 0 spiro atoms. The summed E-state index contributed by atoms with van der Waals surface area (Å²) in [6.07, 6.45) is -4.10. The number of rotatable bonds is 7. The third-order valence-electron chi connectivity index (χ3n) is 4.02. The number of hydrogen-bond acceptors (Lipinski definition) is 12. The van der Waals surface area contributed by atoms with Crippen LogP contribution in [0.3, 0.4) is 0 Å². The van der Waals surface area contributed by atoms with Gasteiger partial charge in [0.25, 0.3) is 0 Å². The van der Waals surface area contributed by atoms with Crippen LogP contribution in [0.2, 0.25) is 0 Å². The van der Waals surface area contributed by atoms with Gasteiger partial charge in [0.1, 0.15) is 35.5 Å². The van der Waals surface area contributed by atoms with Gasteiger partial charge in [-0.3, -0.25) is 4.18 Å². The fraction of sp³-hybridized carbons (Fsp3) is 0.643. The van der Waals surface area contributed by atoms with Crippen molar-refractivity contribution in [2.24, 2.45) is 5.14 Å². The molecule has 0 aromatic carbocycles. The summed E-state index contributed by atoms with van der Waals surface area (Å²) in [5, 5.41) is 40.6. The maximum Gasteiger partial charge on any atom is 0.333 e. The van der Waals surface area contributed by atoms with Crippen LogP contribution in [-0.4, -0.2) is 79.8 Å². The van der Waals surface area contributed by atoms with Crippen molar-refractivity contribution in [2.75, 3.05) is 18.1 Å². The lowest BCUT2D eigenvalue weighted by molar-refractivity contribution is -0.0532. The zero-order valence-electron chi connectivity index (χ0n) is 15.5. The van der Waals surface area contributed by atoms with Gasteiger partial charge in [-0.15, -0.1) is 11.8 Å². The van der Waals surface area contributed by atoms with Crippen LogP contribution in [0, 0.1) is 0 Å². The van der Waals surface area contributed by atoms with Gasteiger partial charge in [-0.05, 0) is 13.8 Å². The quantitative estimate of drug-likeness (QED) is 0.293. The molecule has 15 heteroatoms. The molecule has 1 aliphatic rings. The van der Waals surface area contributed by atoms with E-state index in [1.807, 2.05) is 0 Å². The Kier molecular flexibility index (Phi) is 6.03. The number of aromatic nitrogens is 4. The second-order valence-electron chi connectivity index (χ2n) is 7.13. The molecule has 29 heavy (non-hydrogen) atoms. The molecule has 0 amide bonds. The Hall–Kier alpha value is -1.59. The number of nitrogens with two attached hydrogens (primary N) is 2. The summed E-state index contributed by atoms with van der Waals surface area (Å²) in [6.45, 7) is 2.68. The van der Waals surface area contributed by atoms with E-state index >= 15 is 0 Å². The van der Waals surface area contributed by atoms with Crippen molar-refractivity contribution in [1.29, 1.82) is 0 Å². The van der Waals surface area contributed by atoms with Crippen LogP contribution >= 0.6 is 11.8 Å². The molecule has 0 radical (unpaired) electrons. The number of aliphatic hydroxyl groups excluding tert-OH is 2. The molecule has 1 saturated heterocycles. The number of nitrogens with zero attached hydrogens (tertiary/aromatic N) is 4. The lowest BCUT2D eigenvalue weighted by Gasteiger charge is -2.16. The van der Waals surface area contributed by atoms with Gasteiger partial charge in [-0.1, -0.05) is 0 Å². The number of ether oxygens (including phenoxy) is 1. The molecule has 1 aliphatic heterocycles. The van der Waals surface area contributed by atoms with Crippen LogP contribution in [0.1, 0.15) is 20.1 Å². The van der Waals surface area contributed by atoms with E-state index in [4.69, 9.17) is 15.6 Å². The van der Waals surface area contributed by atoms with E-state index in [1.165, 1.54) is 22.8 Å². The smallest absolute Gasteiger partial charge is 0.333 e. The number of hydrogen-bond donors (Lipinski definition) is 5. The molecular weight excluding hydrogens is 428 g/mol. The number of thioether (sulfide) groups is 1. The van der Waals surface area contributed by atoms with Crippen molar-refractivity contribution < 1.29 is 32.7 Å². The van der Waals surface area contributed by atoms with E-state index in [2.05, 4.69) is 19.2 Å². The average Bonchev–Trinajstić information content (AvgIpc) is 3.10. The van der Waals surface area contributed by atoms with Crippen molar-refractivity contribution in [3.63, 3.8) is 0 Å². The zero-order valence-corrected chi connectivity index (χ0v) is 17.2. The van der Waals surface area contributed by atoms with Crippen LogP contribution in [0.5, 0.6) is 0 Å². The van der Waals surface area contributed by atoms with Crippen LogP contribution in [0.25, 0.3) is 11.0 Å². The molecule has 0 unspecified atom stereocenters. The van der Waals surface area contributed by atoms with Crippen LogP contribution in [-0.2, 0) is 19.2 Å². The summed E-state index contributed by atoms with van der Waals surface area (Å²) >= 11 is 1.20. The Balaban J connectivity index is 1.94. The highest BCUT2D eigenvalue weighted by Crippen LogP contribution is 2.36. The second-order valence-corrected chi connectivity index (χ2v) is 9.32. The molecular formula is C14H22N6O7S2. The molecule has 4 atom stereocenters. The minimum absolute atomic E-state index is 0.140. The fourth-order valence-corrected chi connectivity index (χ4v) is 4.02. The monoisotopic (exact) mass is 450 g/mol. The lowest BCUT2D eigenvalue weighted by atomic mass is 10.1. The minimum atomic E-state index is -4.25. The minimum Gasteiger partial charge on any atom is -0.390 e. The first-order valence-electron chi connectivity index (χ1n) is 8.40. The Bertz CT molecular complexity index is 992. The van der Waals surface area contributed by atoms with Crippen molar-refractivity contribution in [1.82, 2.24) is 19.7 Å². The van der Waals surface area contributed by atoms with Crippen LogP contribution in [0.15, 0.2) is 11.4 Å². The molecule has 2 aromatic heterocycles. The van der Waals surface area contributed by atoms with Gasteiger partial charge in [0.2, 0.25) is 0 Å². The molecule has 13 nitrogen and oxygen atoms in total. The van der Waals surface area contributed by atoms with Crippen molar-refractivity contribution in [3.05, 3.63) is 6.33 Å². The van der Waals surface area contributed by atoms with Crippen molar-refractivity contribution in [3.8, 4) is 0 Å². The molecule has 7 N–H and O–H groups in total. The largest absolute Gasteiger partial charge is 0.390 e. The molecule has 3 rings (SSSR count). The van der Waals surface area contributed by atoms with E-state index in [0.717, 1.165) is 0 Å². The number of fused-ring (bicyclic) bond motifs is 1. The first kappa shape index (κ1) is 22.1. The molecule has 162 valence electrons. The molecule has 0 bridgehead atoms. The zero-order chi connectivity index (χ0) is 21.6. The van der Waals surface area contributed by atoms with Gasteiger partial charge in [0.15, 0.2) is 11.9 Å². The van der Waals surface area contributed by atoms with Gasteiger partial charge in [-0.2, -0.15) is 13.5 Å². The summed E-state index contributed by atoms with van der Waals surface area (Å²) in [6, 6.07) is 0. The molecule has 0 aliphatic carbocycles. The topological polar surface area (TPSA) is 209 Å². The normalized spacial score (nSPS) is 25.7. The second kappa shape index (κ2) is 7.92. The van der Waals surface area contributed by atoms with Crippen LogP contribution < -0.4 is 10.9 Å². The maximum absolute atomic E-state index is 11.0. The van der Waals surface area contributed by atoms with Gasteiger partial charge >= 0.3 is 10.3 Å². The predicted molar refractivity (Wildman–Crippen MR) is 102 cm³/mol. The van der Waals surface area contributed by atoms with Gasteiger partial charge in [0.05, 0.1) is 17.6 Å². The highest BCUT2D eigenvalue weighted by molar-refractivity contribution is 7.99. The van der Waals surface area contributed by atoms with Gasteiger partial charge in [-0.25, -0.2) is 19.8 Å². The lowest BCUT2D eigenvalue weighted by Crippen LogP contribution is -2.35. The molecule has 3 heterocycles. The van der Waals surface area contributed by atoms with E-state index < -0.39 is 47.1 Å². The Morgan fingerprint density at radius 3 is 2.66 bits per heavy atom. The fourth-order valence-electron chi connectivity index (χ4n) is 2.72. The number of anilines is 1. The van der Waals surface area contributed by atoms with Crippen molar-refractivity contribution in [2.45, 2.75) is 49.0 Å². The molecule has 2 aromatic rings. The van der Waals surface area contributed by atoms with E-state index in [9.17, 15) is 23.7 Å². The van der Waals surface area contributed by atoms with E-state index in [1.54, 1.807) is 13.8 Å². The summed E-state index contributed by atoms with van der Waals surface area (Å²) < 4.78 is 33.2. The third kappa shape index (κ3) is 4.95. The van der Waals surface area contributed by atoms with Crippen molar-refractivity contribution >= 4 is 38.9 Å². The Morgan fingerprint density at radius 1 is 1.34 bits per heavy atom.